The second kappa shape index (κ2) is 8.19. The van der Waals surface area contributed by atoms with Gasteiger partial charge in [0.1, 0.15) is 17.1 Å². The first-order valence-electron chi connectivity index (χ1n) is 7.71. The van der Waals surface area contributed by atoms with Crippen LogP contribution in [0.25, 0.3) is 0 Å². The highest BCUT2D eigenvalue weighted by Crippen LogP contribution is 2.15. The number of nitrogens with one attached hydrogen (secondary N) is 2. The Balaban J connectivity index is 1.89. The summed E-state index contributed by atoms with van der Waals surface area (Å²) >= 11 is 0. The second-order valence-electron chi connectivity index (χ2n) is 5.44. The number of esters is 1. The van der Waals surface area contributed by atoms with Crippen molar-refractivity contribution in [2.75, 3.05) is 14.2 Å². The molecule has 0 bridgehead atoms. The molecular formula is C18H23N3O3. The van der Waals surface area contributed by atoms with Gasteiger partial charge in [0.05, 0.1) is 13.7 Å². The van der Waals surface area contributed by atoms with Gasteiger partial charge in [-0.3, -0.25) is 4.99 Å². The van der Waals surface area contributed by atoms with Crippen LogP contribution >= 0.6 is 0 Å². The van der Waals surface area contributed by atoms with Crippen molar-refractivity contribution in [3.63, 3.8) is 0 Å². The molecule has 1 aromatic heterocycles. The Kier molecular flexibility index (Phi) is 6.01. The zero-order valence-electron chi connectivity index (χ0n) is 14.5. The quantitative estimate of drug-likeness (QED) is 0.501. The van der Waals surface area contributed by atoms with Crippen LogP contribution < -0.4 is 10.6 Å². The molecule has 128 valence electrons. The van der Waals surface area contributed by atoms with Gasteiger partial charge in [-0.05, 0) is 25.5 Å². The Morgan fingerprint density at radius 2 is 1.83 bits per heavy atom. The Morgan fingerprint density at radius 1 is 1.17 bits per heavy atom. The molecule has 0 saturated carbocycles. The van der Waals surface area contributed by atoms with Crippen molar-refractivity contribution in [1.29, 1.82) is 0 Å². The second-order valence-corrected chi connectivity index (χ2v) is 5.44. The number of methoxy groups -OCH3 is 1. The molecule has 0 fully saturated rings. The first-order chi connectivity index (χ1) is 11.5. The molecule has 0 amide bonds. The molecule has 0 unspecified atom stereocenters. The van der Waals surface area contributed by atoms with Crippen molar-refractivity contribution in [2.24, 2.45) is 4.99 Å². The molecule has 0 aliphatic rings. The fourth-order valence-electron chi connectivity index (χ4n) is 2.23. The molecule has 0 aliphatic carbocycles. The number of furan rings is 1. The van der Waals surface area contributed by atoms with Crippen molar-refractivity contribution in [3.05, 3.63) is 58.5 Å². The summed E-state index contributed by atoms with van der Waals surface area (Å²) in [5.41, 5.74) is 2.85. The van der Waals surface area contributed by atoms with Crippen LogP contribution in [0.15, 0.2) is 39.7 Å². The number of carbonyl (C=O) groups is 1. The Labute approximate surface area is 141 Å². The van der Waals surface area contributed by atoms with E-state index in [0.717, 1.165) is 0 Å². The molecule has 2 aromatic rings. The van der Waals surface area contributed by atoms with E-state index in [2.05, 4.69) is 46.8 Å². The Hall–Kier alpha value is -2.76. The van der Waals surface area contributed by atoms with E-state index >= 15 is 0 Å². The van der Waals surface area contributed by atoms with E-state index < -0.39 is 5.97 Å². The highest BCUT2D eigenvalue weighted by Gasteiger charge is 2.15. The van der Waals surface area contributed by atoms with Gasteiger partial charge in [0.25, 0.3) is 0 Å². The van der Waals surface area contributed by atoms with E-state index in [0.29, 0.717) is 36.1 Å². The smallest absolute Gasteiger partial charge is 0.341 e. The summed E-state index contributed by atoms with van der Waals surface area (Å²) in [6.45, 7) is 4.89. The summed E-state index contributed by atoms with van der Waals surface area (Å²) in [5.74, 6) is 1.45. The fraction of sp³-hybridized carbons (Fsp3) is 0.333. The van der Waals surface area contributed by atoms with Crippen molar-refractivity contribution in [3.8, 4) is 0 Å². The van der Waals surface area contributed by atoms with Gasteiger partial charge in [-0.15, -0.1) is 0 Å². The average Bonchev–Trinajstić information content (AvgIpc) is 2.96. The number of nitrogens with zero attached hydrogens (tertiary/aromatic N) is 1. The highest BCUT2D eigenvalue weighted by molar-refractivity contribution is 5.90. The maximum Gasteiger partial charge on any atom is 0.341 e. The minimum absolute atomic E-state index is 0.399. The maximum absolute atomic E-state index is 11.6. The van der Waals surface area contributed by atoms with Crippen LogP contribution in [-0.2, 0) is 17.8 Å². The first-order valence-corrected chi connectivity index (χ1v) is 7.71. The van der Waals surface area contributed by atoms with E-state index in [9.17, 15) is 4.79 Å². The zero-order valence-corrected chi connectivity index (χ0v) is 14.5. The number of ether oxygens (including phenoxy) is 1. The summed E-state index contributed by atoms with van der Waals surface area (Å²) in [7, 11) is 3.06. The Morgan fingerprint density at radius 3 is 2.46 bits per heavy atom. The molecule has 1 heterocycles. The van der Waals surface area contributed by atoms with Crippen LogP contribution in [0.3, 0.4) is 0 Å². The van der Waals surface area contributed by atoms with E-state index in [1.807, 2.05) is 0 Å². The molecule has 6 heteroatoms. The van der Waals surface area contributed by atoms with Crippen molar-refractivity contribution in [1.82, 2.24) is 10.6 Å². The summed E-state index contributed by atoms with van der Waals surface area (Å²) in [5, 5.41) is 6.39. The first kappa shape index (κ1) is 17.6. The lowest BCUT2D eigenvalue weighted by molar-refractivity contribution is 0.0599. The SMILES string of the molecule is CN=C(NCc1ccc(C)cc1)NCc1cc(C(=O)OC)c(C)o1. The number of aliphatic imine (C=N–C) groups is 1. The third-order valence-electron chi connectivity index (χ3n) is 3.61. The number of benzene rings is 1. The molecule has 0 atom stereocenters. The number of hydrogen-bond donors (Lipinski definition) is 2. The van der Waals surface area contributed by atoms with Gasteiger partial charge in [-0.1, -0.05) is 29.8 Å². The average molecular weight is 329 g/mol. The molecule has 2 N–H and O–H groups in total. The van der Waals surface area contributed by atoms with Gasteiger partial charge in [-0.25, -0.2) is 4.79 Å². The normalized spacial score (nSPS) is 11.2. The topological polar surface area (TPSA) is 75.9 Å². The van der Waals surface area contributed by atoms with Gasteiger partial charge in [-0.2, -0.15) is 0 Å². The standard InChI is InChI=1S/C18H23N3O3/c1-12-5-7-14(8-6-12)10-20-18(19-3)21-11-15-9-16(13(2)24-15)17(22)23-4/h5-9H,10-11H2,1-4H3,(H2,19,20,21). The number of aryl methyl sites for hydroxylation is 2. The predicted molar refractivity (Wildman–Crippen MR) is 93.0 cm³/mol. The van der Waals surface area contributed by atoms with Gasteiger partial charge in [0.2, 0.25) is 0 Å². The molecule has 0 aliphatic heterocycles. The van der Waals surface area contributed by atoms with Crippen molar-refractivity contribution >= 4 is 11.9 Å². The van der Waals surface area contributed by atoms with Crippen LogP contribution in [-0.4, -0.2) is 26.1 Å². The van der Waals surface area contributed by atoms with Crippen molar-refractivity contribution < 1.29 is 13.9 Å². The molecular weight excluding hydrogens is 306 g/mol. The van der Waals surface area contributed by atoms with Gasteiger partial charge >= 0.3 is 5.97 Å². The largest absolute Gasteiger partial charge is 0.465 e. The highest BCUT2D eigenvalue weighted by atomic mass is 16.5. The lowest BCUT2D eigenvalue weighted by Gasteiger charge is -2.11. The molecule has 1 aromatic carbocycles. The summed E-state index contributed by atoms with van der Waals surface area (Å²) < 4.78 is 10.3. The number of rotatable bonds is 5. The van der Waals surface area contributed by atoms with E-state index in [4.69, 9.17) is 9.15 Å². The number of guanidine groups is 1. The summed E-state index contributed by atoms with van der Waals surface area (Å²) in [6.07, 6.45) is 0. The summed E-state index contributed by atoms with van der Waals surface area (Å²) in [4.78, 5) is 15.8. The molecule has 6 nitrogen and oxygen atoms in total. The van der Waals surface area contributed by atoms with Crippen LogP contribution in [0.5, 0.6) is 0 Å². The van der Waals surface area contributed by atoms with Crippen molar-refractivity contribution in [2.45, 2.75) is 26.9 Å². The molecule has 0 saturated heterocycles. The maximum atomic E-state index is 11.6. The molecule has 2 rings (SSSR count). The molecule has 24 heavy (non-hydrogen) atoms. The van der Waals surface area contributed by atoms with E-state index in [1.165, 1.54) is 18.2 Å². The third kappa shape index (κ3) is 4.62. The van der Waals surface area contributed by atoms with Crippen LogP contribution in [0.4, 0.5) is 0 Å². The van der Waals surface area contributed by atoms with Gasteiger partial charge in [0, 0.05) is 13.6 Å². The number of hydrogen-bond acceptors (Lipinski definition) is 4. The van der Waals surface area contributed by atoms with Crippen LogP contribution in [0.1, 0.15) is 33.0 Å². The lowest BCUT2D eigenvalue weighted by atomic mass is 10.1. The lowest BCUT2D eigenvalue weighted by Crippen LogP contribution is -2.36. The summed E-state index contributed by atoms with van der Waals surface area (Å²) in [6, 6.07) is 9.99. The monoisotopic (exact) mass is 329 g/mol. The predicted octanol–water partition coefficient (Wildman–Crippen LogP) is 2.55. The Bertz CT molecular complexity index is 718. The van der Waals surface area contributed by atoms with Gasteiger partial charge in [0.15, 0.2) is 5.96 Å². The van der Waals surface area contributed by atoms with Crippen LogP contribution in [0, 0.1) is 13.8 Å². The van der Waals surface area contributed by atoms with E-state index in [1.54, 1.807) is 20.0 Å². The fourth-order valence-corrected chi connectivity index (χ4v) is 2.23. The zero-order chi connectivity index (χ0) is 17.5. The minimum Gasteiger partial charge on any atom is -0.465 e. The number of carbonyl (C=O) groups excluding carboxylic acids is 1. The molecule has 0 radical (unpaired) electrons. The van der Waals surface area contributed by atoms with Crippen LogP contribution in [0.2, 0.25) is 0 Å². The van der Waals surface area contributed by atoms with Gasteiger partial charge < -0.3 is 19.8 Å². The van der Waals surface area contributed by atoms with E-state index in [-0.39, 0.29) is 0 Å². The third-order valence-corrected chi connectivity index (χ3v) is 3.61. The molecule has 0 spiro atoms. The minimum atomic E-state index is -0.399.